The van der Waals surface area contributed by atoms with Crippen molar-refractivity contribution in [2.45, 2.75) is 20.0 Å². The van der Waals surface area contributed by atoms with E-state index in [9.17, 15) is 14.4 Å². The number of carbonyl (C=O) groups is 2. The Balaban J connectivity index is 1.67. The highest BCUT2D eigenvalue weighted by atomic mass is 16.5. The summed E-state index contributed by atoms with van der Waals surface area (Å²) in [6, 6.07) is 20.6. The second kappa shape index (κ2) is 9.62. The number of rotatable bonds is 6. The van der Waals surface area contributed by atoms with E-state index in [4.69, 9.17) is 13.9 Å². The van der Waals surface area contributed by atoms with Gasteiger partial charge in [0.1, 0.15) is 5.56 Å². The van der Waals surface area contributed by atoms with Crippen molar-refractivity contribution in [1.82, 2.24) is 0 Å². The maximum Gasteiger partial charge on any atom is 0.351 e. The molecular weight excluding hydrogens is 434 g/mol. The number of esters is 1. The molecule has 0 saturated carbocycles. The second-order valence-electron chi connectivity index (χ2n) is 7.89. The number of methoxy groups -OCH3 is 1. The van der Waals surface area contributed by atoms with Crippen molar-refractivity contribution in [2.24, 2.45) is 0 Å². The van der Waals surface area contributed by atoms with Crippen molar-refractivity contribution >= 4 is 28.5 Å². The number of hydrogen-bond donors (Lipinski definition) is 1. The molecule has 34 heavy (non-hydrogen) atoms. The molecule has 0 aliphatic carbocycles. The molecule has 0 aliphatic heterocycles. The summed E-state index contributed by atoms with van der Waals surface area (Å²) in [6.45, 7) is 3.84. The summed E-state index contributed by atoms with van der Waals surface area (Å²) in [7, 11) is 1.45. The van der Waals surface area contributed by atoms with Gasteiger partial charge < -0.3 is 19.2 Å². The van der Waals surface area contributed by atoms with E-state index < -0.39 is 23.6 Å². The van der Waals surface area contributed by atoms with Crippen LogP contribution in [0, 0.1) is 13.8 Å². The van der Waals surface area contributed by atoms with E-state index in [1.54, 1.807) is 48.5 Å². The van der Waals surface area contributed by atoms with Gasteiger partial charge in [-0.05, 0) is 49.2 Å². The smallest absolute Gasteiger partial charge is 0.351 e. The monoisotopic (exact) mass is 457 g/mol. The zero-order valence-corrected chi connectivity index (χ0v) is 19.0. The van der Waals surface area contributed by atoms with Crippen LogP contribution < -0.4 is 15.7 Å². The lowest BCUT2D eigenvalue weighted by Crippen LogP contribution is -2.27. The molecule has 172 valence electrons. The predicted octanol–water partition coefficient (Wildman–Crippen LogP) is 4.96. The van der Waals surface area contributed by atoms with Crippen molar-refractivity contribution in [3.05, 3.63) is 105 Å². The first-order chi connectivity index (χ1) is 16.4. The van der Waals surface area contributed by atoms with E-state index in [-0.39, 0.29) is 11.1 Å². The third-order valence-corrected chi connectivity index (χ3v) is 5.22. The van der Waals surface area contributed by atoms with E-state index >= 15 is 0 Å². The summed E-state index contributed by atoms with van der Waals surface area (Å²) in [5.41, 5.74) is 2.02. The molecule has 0 fully saturated rings. The van der Waals surface area contributed by atoms with Crippen molar-refractivity contribution in [3.63, 3.8) is 0 Å². The third-order valence-electron chi connectivity index (χ3n) is 5.22. The molecule has 0 saturated heterocycles. The first kappa shape index (κ1) is 22.8. The van der Waals surface area contributed by atoms with Crippen LogP contribution in [0.1, 0.15) is 33.2 Å². The minimum Gasteiger partial charge on any atom is -0.493 e. The standard InChI is InChI=1S/C27H23NO6/c1-16-12-17(2)14-20(13-16)28-25(29)24(18-8-5-4-6-9-18)34-27(31)21-15-19-10-7-11-22(32-3)23(19)33-26(21)30/h4-15,24H,1-3H3,(H,28,29)/t24-/m1/s1. The Morgan fingerprint density at radius 3 is 2.29 bits per heavy atom. The zero-order valence-electron chi connectivity index (χ0n) is 19.0. The largest absolute Gasteiger partial charge is 0.493 e. The van der Waals surface area contributed by atoms with Gasteiger partial charge in [-0.25, -0.2) is 9.59 Å². The Kier molecular flexibility index (Phi) is 6.45. The van der Waals surface area contributed by atoms with Gasteiger partial charge in [0.05, 0.1) is 7.11 Å². The Hall–Kier alpha value is -4.39. The summed E-state index contributed by atoms with van der Waals surface area (Å²) >= 11 is 0. The normalized spacial score (nSPS) is 11.6. The maximum atomic E-state index is 13.2. The van der Waals surface area contributed by atoms with Gasteiger partial charge in [0.15, 0.2) is 11.3 Å². The lowest BCUT2D eigenvalue weighted by Gasteiger charge is -2.18. The minimum atomic E-state index is -1.28. The lowest BCUT2D eigenvalue weighted by atomic mass is 10.1. The molecule has 0 unspecified atom stereocenters. The molecule has 1 amide bonds. The molecule has 1 heterocycles. The van der Waals surface area contributed by atoms with E-state index in [1.807, 2.05) is 32.0 Å². The van der Waals surface area contributed by atoms with Crippen LogP contribution in [0.2, 0.25) is 0 Å². The van der Waals surface area contributed by atoms with Crippen molar-refractivity contribution in [2.75, 3.05) is 12.4 Å². The van der Waals surface area contributed by atoms with Gasteiger partial charge in [0.25, 0.3) is 5.91 Å². The number of fused-ring (bicyclic) bond motifs is 1. The van der Waals surface area contributed by atoms with Gasteiger partial charge in [0.2, 0.25) is 6.10 Å². The van der Waals surface area contributed by atoms with Crippen molar-refractivity contribution in [1.29, 1.82) is 0 Å². The summed E-state index contributed by atoms with van der Waals surface area (Å²) in [4.78, 5) is 38.8. The first-order valence-electron chi connectivity index (χ1n) is 10.6. The number of aryl methyl sites for hydroxylation is 2. The molecular formula is C27H23NO6. The average molecular weight is 457 g/mol. The van der Waals surface area contributed by atoms with Crippen LogP contribution in [0.15, 0.2) is 82.0 Å². The first-order valence-corrected chi connectivity index (χ1v) is 10.6. The maximum absolute atomic E-state index is 13.2. The Morgan fingerprint density at radius 1 is 0.912 bits per heavy atom. The highest BCUT2D eigenvalue weighted by Crippen LogP contribution is 2.26. The SMILES string of the molecule is COc1cccc2cc(C(=O)O[C@@H](C(=O)Nc3cc(C)cc(C)c3)c3ccccc3)c(=O)oc12. The molecule has 1 aromatic heterocycles. The van der Waals surface area contributed by atoms with Gasteiger partial charge in [-0.2, -0.15) is 0 Å². The number of nitrogens with one attached hydrogen (secondary N) is 1. The molecule has 3 aromatic carbocycles. The minimum absolute atomic E-state index is 0.221. The highest BCUT2D eigenvalue weighted by molar-refractivity contribution is 5.99. The van der Waals surface area contributed by atoms with E-state index in [1.165, 1.54) is 13.2 Å². The summed E-state index contributed by atoms with van der Waals surface area (Å²) in [5, 5.41) is 3.29. The number of anilines is 1. The van der Waals surface area contributed by atoms with Crippen LogP contribution in [0.25, 0.3) is 11.0 Å². The molecule has 0 bridgehead atoms. The van der Waals surface area contributed by atoms with Crippen LogP contribution in [-0.2, 0) is 9.53 Å². The second-order valence-corrected chi connectivity index (χ2v) is 7.89. The van der Waals surface area contributed by atoms with Gasteiger partial charge in [0, 0.05) is 16.6 Å². The molecule has 1 N–H and O–H groups in total. The fourth-order valence-electron chi connectivity index (χ4n) is 3.75. The fourth-order valence-corrected chi connectivity index (χ4v) is 3.75. The molecule has 4 rings (SSSR count). The Morgan fingerprint density at radius 2 is 1.62 bits per heavy atom. The molecule has 4 aromatic rings. The predicted molar refractivity (Wildman–Crippen MR) is 128 cm³/mol. The summed E-state index contributed by atoms with van der Waals surface area (Å²) in [6.07, 6.45) is -1.28. The third kappa shape index (κ3) is 4.83. The van der Waals surface area contributed by atoms with E-state index in [0.717, 1.165) is 11.1 Å². The fraction of sp³-hybridized carbons (Fsp3) is 0.148. The number of para-hydroxylation sites is 1. The Labute approximate surface area is 195 Å². The number of carbonyl (C=O) groups excluding carboxylic acids is 2. The van der Waals surface area contributed by atoms with Gasteiger partial charge in [-0.3, -0.25) is 4.79 Å². The van der Waals surface area contributed by atoms with Gasteiger partial charge in [-0.15, -0.1) is 0 Å². The van der Waals surface area contributed by atoms with Crippen LogP contribution in [-0.4, -0.2) is 19.0 Å². The molecule has 7 heteroatoms. The molecule has 1 atom stereocenters. The van der Waals surface area contributed by atoms with Crippen LogP contribution in [0.3, 0.4) is 0 Å². The van der Waals surface area contributed by atoms with E-state index in [2.05, 4.69) is 5.32 Å². The zero-order chi connectivity index (χ0) is 24.2. The van der Waals surface area contributed by atoms with Gasteiger partial charge in [-0.1, -0.05) is 48.5 Å². The number of hydrogen-bond acceptors (Lipinski definition) is 6. The highest BCUT2D eigenvalue weighted by Gasteiger charge is 2.28. The van der Waals surface area contributed by atoms with Crippen molar-refractivity contribution < 1.29 is 23.5 Å². The number of amides is 1. The Bertz CT molecular complexity index is 1400. The van der Waals surface area contributed by atoms with E-state index in [0.29, 0.717) is 22.4 Å². The lowest BCUT2D eigenvalue weighted by molar-refractivity contribution is -0.125. The summed E-state index contributed by atoms with van der Waals surface area (Å²) in [5.74, 6) is -1.15. The van der Waals surface area contributed by atoms with Gasteiger partial charge >= 0.3 is 11.6 Å². The molecule has 7 nitrogen and oxygen atoms in total. The quantitative estimate of drug-likeness (QED) is 0.325. The number of ether oxygens (including phenoxy) is 2. The average Bonchev–Trinajstić information content (AvgIpc) is 2.81. The van der Waals surface area contributed by atoms with Crippen molar-refractivity contribution in [3.8, 4) is 5.75 Å². The topological polar surface area (TPSA) is 94.8 Å². The van der Waals surface area contributed by atoms with Crippen LogP contribution in [0.4, 0.5) is 5.69 Å². The molecule has 0 radical (unpaired) electrons. The van der Waals surface area contributed by atoms with Crippen LogP contribution >= 0.6 is 0 Å². The summed E-state index contributed by atoms with van der Waals surface area (Å²) < 4.78 is 16.1. The molecule has 0 spiro atoms. The number of benzene rings is 3. The van der Waals surface area contributed by atoms with Crippen LogP contribution in [0.5, 0.6) is 5.75 Å². The molecule has 0 aliphatic rings.